The highest BCUT2D eigenvalue weighted by Crippen LogP contribution is 2.28. The number of hydrogen-bond donors (Lipinski definition) is 1. The molecule has 3 rings (SSSR count). The van der Waals surface area contributed by atoms with Gasteiger partial charge in [0.1, 0.15) is 5.82 Å². The summed E-state index contributed by atoms with van der Waals surface area (Å²) < 4.78 is 41.3. The topological polar surface area (TPSA) is 81.2 Å². The van der Waals surface area contributed by atoms with Gasteiger partial charge in [-0.3, -0.25) is 0 Å². The molecule has 23 heavy (non-hydrogen) atoms. The molecule has 0 spiro atoms. The molecule has 8 heteroatoms. The number of nitrogens with two attached hydrogens (primary N) is 1. The monoisotopic (exact) mass is 338 g/mol. The second-order valence-electron chi connectivity index (χ2n) is 5.93. The van der Waals surface area contributed by atoms with Gasteiger partial charge < -0.3 is 10.3 Å². The first-order chi connectivity index (χ1) is 10.8. The summed E-state index contributed by atoms with van der Waals surface area (Å²) in [7, 11) is -1.64. The van der Waals surface area contributed by atoms with Gasteiger partial charge in [-0.25, -0.2) is 17.8 Å². The summed E-state index contributed by atoms with van der Waals surface area (Å²) in [5.74, 6) is -0.654. The molecular weight excluding hydrogens is 319 g/mol. The highest BCUT2D eigenvalue weighted by Gasteiger charge is 2.38. The number of nitrogens with zero attached hydrogens (tertiary/aromatic N) is 3. The van der Waals surface area contributed by atoms with Gasteiger partial charge >= 0.3 is 0 Å². The standard InChI is InChI=1S/C15H19FN4O2S/c1-19-8-15(18-10-19)13-6-20(7-14(13)17)23(21,22)9-11-2-4-12(16)5-3-11/h2-5,8,10,13-14H,6-7,9,17H2,1H3/t13-,14-/m1/s1. The molecule has 124 valence electrons. The van der Waals surface area contributed by atoms with Crippen LogP contribution in [0.25, 0.3) is 0 Å². The fourth-order valence-corrected chi connectivity index (χ4v) is 4.42. The molecule has 1 fully saturated rings. The molecule has 1 aliphatic rings. The van der Waals surface area contributed by atoms with Gasteiger partial charge in [0.05, 0.1) is 17.8 Å². The Bertz CT molecular complexity index is 788. The summed E-state index contributed by atoms with van der Waals surface area (Å²) in [4.78, 5) is 4.28. The Labute approximate surface area is 134 Å². The Hall–Kier alpha value is -1.77. The Morgan fingerprint density at radius 1 is 1.30 bits per heavy atom. The maximum atomic E-state index is 12.9. The Morgan fingerprint density at radius 3 is 2.61 bits per heavy atom. The normalized spacial score (nSPS) is 22.6. The maximum absolute atomic E-state index is 12.9. The number of hydrogen-bond acceptors (Lipinski definition) is 4. The summed E-state index contributed by atoms with van der Waals surface area (Å²) in [6.07, 6.45) is 3.54. The molecule has 2 atom stereocenters. The molecule has 0 saturated carbocycles. The van der Waals surface area contributed by atoms with Crippen molar-refractivity contribution in [1.29, 1.82) is 0 Å². The number of imidazole rings is 1. The number of benzene rings is 1. The molecule has 1 aromatic carbocycles. The van der Waals surface area contributed by atoms with Gasteiger partial charge in [0.25, 0.3) is 0 Å². The van der Waals surface area contributed by atoms with Gasteiger partial charge in [-0.05, 0) is 17.7 Å². The van der Waals surface area contributed by atoms with E-state index < -0.39 is 10.0 Å². The lowest BCUT2D eigenvalue weighted by Gasteiger charge is -2.16. The summed E-state index contributed by atoms with van der Waals surface area (Å²) in [5, 5.41) is 0. The molecule has 6 nitrogen and oxygen atoms in total. The summed E-state index contributed by atoms with van der Waals surface area (Å²) in [6, 6.07) is 5.21. The van der Waals surface area contributed by atoms with E-state index in [-0.39, 0.29) is 30.1 Å². The second-order valence-corrected chi connectivity index (χ2v) is 7.90. The van der Waals surface area contributed by atoms with Crippen LogP contribution in [0.1, 0.15) is 17.2 Å². The largest absolute Gasteiger partial charge is 0.340 e. The molecule has 2 N–H and O–H groups in total. The zero-order valence-electron chi connectivity index (χ0n) is 12.8. The van der Waals surface area contributed by atoms with Gasteiger partial charge in [0.15, 0.2) is 0 Å². The first-order valence-electron chi connectivity index (χ1n) is 7.31. The molecular formula is C15H19FN4O2S. The number of aromatic nitrogens is 2. The van der Waals surface area contributed by atoms with Crippen molar-refractivity contribution in [2.24, 2.45) is 12.8 Å². The number of halogens is 1. The fraction of sp³-hybridized carbons (Fsp3) is 0.400. The van der Waals surface area contributed by atoms with E-state index in [2.05, 4.69) is 4.98 Å². The van der Waals surface area contributed by atoms with Crippen LogP contribution in [0.4, 0.5) is 4.39 Å². The highest BCUT2D eigenvalue weighted by atomic mass is 32.2. The van der Waals surface area contributed by atoms with E-state index in [9.17, 15) is 12.8 Å². The van der Waals surface area contributed by atoms with E-state index in [0.717, 1.165) is 5.69 Å². The zero-order chi connectivity index (χ0) is 16.6. The molecule has 2 heterocycles. The highest BCUT2D eigenvalue weighted by molar-refractivity contribution is 7.88. The first kappa shape index (κ1) is 16.1. The minimum atomic E-state index is -3.50. The van der Waals surface area contributed by atoms with E-state index in [4.69, 9.17) is 5.73 Å². The van der Waals surface area contributed by atoms with Crippen molar-refractivity contribution in [3.8, 4) is 0 Å². The fourth-order valence-electron chi connectivity index (χ4n) is 2.84. The molecule has 0 radical (unpaired) electrons. The van der Waals surface area contributed by atoms with Crippen molar-refractivity contribution >= 4 is 10.0 Å². The van der Waals surface area contributed by atoms with Crippen LogP contribution in [0.5, 0.6) is 0 Å². The quantitative estimate of drug-likeness (QED) is 0.895. The maximum Gasteiger partial charge on any atom is 0.218 e. The van der Waals surface area contributed by atoms with Crippen molar-refractivity contribution < 1.29 is 12.8 Å². The van der Waals surface area contributed by atoms with Crippen LogP contribution in [0, 0.1) is 5.82 Å². The van der Waals surface area contributed by atoms with E-state index >= 15 is 0 Å². The number of rotatable bonds is 4. The van der Waals surface area contributed by atoms with Gasteiger partial charge in [0, 0.05) is 38.3 Å². The van der Waals surface area contributed by atoms with Crippen LogP contribution in [0.3, 0.4) is 0 Å². The lowest BCUT2D eigenvalue weighted by Crippen LogP contribution is -2.33. The van der Waals surface area contributed by atoms with Gasteiger partial charge in [-0.2, -0.15) is 4.31 Å². The predicted molar refractivity (Wildman–Crippen MR) is 84.5 cm³/mol. The first-order valence-corrected chi connectivity index (χ1v) is 8.92. The van der Waals surface area contributed by atoms with Gasteiger partial charge in [-0.15, -0.1) is 0 Å². The third-order valence-electron chi connectivity index (χ3n) is 4.09. The van der Waals surface area contributed by atoms with E-state index in [1.807, 2.05) is 17.8 Å². The van der Waals surface area contributed by atoms with Crippen LogP contribution in [0.2, 0.25) is 0 Å². The Balaban J connectivity index is 1.75. The van der Waals surface area contributed by atoms with Crippen molar-refractivity contribution in [2.45, 2.75) is 17.7 Å². The Kier molecular flexibility index (Phi) is 4.22. The molecule has 1 aliphatic heterocycles. The third-order valence-corrected chi connectivity index (χ3v) is 5.88. The summed E-state index contributed by atoms with van der Waals surface area (Å²) >= 11 is 0. The van der Waals surface area contributed by atoms with Crippen LogP contribution in [0.15, 0.2) is 36.8 Å². The van der Waals surface area contributed by atoms with Gasteiger partial charge in [0.2, 0.25) is 10.0 Å². The lowest BCUT2D eigenvalue weighted by molar-refractivity contribution is 0.469. The Morgan fingerprint density at radius 2 is 2.00 bits per heavy atom. The minimum Gasteiger partial charge on any atom is -0.340 e. The zero-order valence-corrected chi connectivity index (χ0v) is 13.6. The van der Waals surface area contributed by atoms with Crippen LogP contribution < -0.4 is 5.73 Å². The van der Waals surface area contributed by atoms with Crippen molar-refractivity contribution in [3.05, 3.63) is 53.9 Å². The van der Waals surface area contributed by atoms with Crippen molar-refractivity contribution in [3.63, 3.8) is 0 Å². The van der Waals surface area contributed by atoms with Crippen molar-refractivity contribution in [2.75, 3.05) is 13.1 Å². The molecule has 2 aromatic rings. The number of sulfonamides is 1. The summed E-state index contributed by atoms with van der Waals surface area (Å²) in [5.41, 5.74) is 7.48. The SMILES string of the molecule is Cn1cnc([C@@H]2CN(S(=O)(=O)Cc3ccc(F)cc3)C[C@H]2N)c1. The smallest absolute Gasteiger partial charge is 0.218 e. The van der Waals surface area contributed by atoms with Crippen LogP contribution in [-0.2, 0) is 22.8 Å². The van der Waals surface area contributed by atoms with Crippen LogP contribution >= 0.6 is 0 Å². The molecule has 1 saturated heterocycles. The second kappa shape index (κ2) is 6.03. The molecule has 0 amide bonds. The summed E-state index contributed by atoms with van der Waals surface area (Å²) in [6.45, 7) is 0.590. The predicted octanol–water partition coefficient (Wildman–Crippen LogP) is 0.816. The molecule has 0 unspecified atom stereocenters. The molecule has 0 bridgehead atoms. The molecule has 0 aliphatic carbocycles. The average molecular weight is 338 g/mol. The number of aryl methyl sites for hydroxylation is 1. The van der Waals surface area contributed by atoms with Crippen molar-refractivity contribution in [1.82, 2.24) is 13.9 Å². The van der Waals surface area contributed by atoms with Gasteiger partial charge in [-0.1, -0.05) is 12.1 Å². The average Bonchev–Trinajstić information content (AvgIpc) is 3.07. The minimum absolute atomic E-state index is 0.112. The van der Waals surface area contributed by atoms with E-state index in [0.29, 0.717) is 12.1 Å². The van der Waals surface area contributed by atoms with E-state index in [1.54, 1.807) is 6.33 Å². The van der Waals surface area contributed by atoms with Crippen LogP contribution in [-0.4, -0.2) is 41.4 Å². The third kappa shape index (κ3) is 3.44. The lowest BCUT2D eigenvalue weighted by atomic mass is 10.0. The van der Waals surface area contributed by atoms with E-state index in [1.165, 1.54) is 28.6 Å². The molecule has 1 aromatic heterocycles.